The molecule has 0 saturated carbocycles. The van der Waals surface area contributed by atoms with Gasteiger partial charge in [-0.25, -0.2) is 9.97 Å². The van der Waals surface area contributed by atoms with Crippen LogP contribution >= 0.6 is 11.3 Å². The Morgan fingerprint density at radius 3 is 3.17 bits per heavy atom. The minimum Gasteiger partial charge on any atom is -0.618 e. The first-order valence-electron chi connectivity index (χ1n) is 6.06. The van der Waals surface area contributed by atoms with Crippen LogP contribution in [0.4, 0.5) is 0 Å². The van der Waals surface area contributed by atoms with Crippen molar-refractivity contribution in [3.05, 3.63) is 34.7 Å². The molecule has 0 unspecified atom stereocenters. The van der Waals surface area contributed by atoms with Crippen LogP contribution in [0.25, 0.3) is 21.3 Å². The topological polar surface area (TPSA) is 52.7 Å². The van der Waals surface area contributed by atoms with Gasteiger partial charge in [0.1, 0.15) is 5.52 Å². The number of fused-ring (bicyclic) bond motifs is 3. The molecule has 0 aliphatic rings. The van der Waals surface area contributed by atoms with Gasteiger partial charge >= 0.3 is 0 Å². The summed E-state index contributed by atoms with van der Waals surface area (Å²) in [5.74, 6) is 0. The highest BCUT2D eigenvalue weighted by atomic mass is 32.1. The zero-order chi connectivity index (χ0) is 12.5. The summed E-state index contributed by atoms with van der Waals surface area (Å²) in [5.41, 5.74) is 2.12. The molecule has 3 aromatic rings. The molecule has 0 bridgehead atoms. The average Bonchev–Trinajstić information content (AvgIpc) is 2.80. The highest BCUT2D eigenvalue weighted by Crippen LogP contribution is 2.27. The molecule has 0 N–H and O–H groups in total. The van der Waals surface area contributed by atoms with E-state index in [2.05, 4.69) is 16.9 Å². The first kappa shape index (κ1) is 11.3. The lowest BCUT2D eigenvalue weighted by molar-refractivity contribution is -0.575. The van der Waals surface area contributed by atoms with E-state index < -0.39 is 0 Å². The van der Waals surface area contributed by atoms with Crippen molar-refractivity contribution in [3.8, 4) is 0 Å². The summed E-state index contributed by atoms with van der Waals surface area (Å²) < 4.78 is 1.87. The van der Waals surface area contributed by atoms with E-state index in [-0.39, 0.29) is 0 Å². The lowest BCUT2D eigenvalue weighted by Crippen LogP contribution is -2.26. The summed E-state index contributed by atoms with van der Waals surface area (Å²) in [4.78, 5) is 8.83. The van der Waals surface area contributed by atoms with E-state index in [4.69, 9.17) is 0 Å². The maximum atomic E-state index is 11.9. The number of nitrogens with zero attached hydrogens (tertiary/aromatic N) is 3. The maximum absolute atomic E-state index is 11.9. The van der Waals surface area contributed by atoms with Crippen molar-refractivity contribution in [2.75, 3.05) is 0 Å². The first-order valence-corrected chi connectivity index (χ1v) is 6.87. The molecule has 18 heavy (non-hydrogen) atoms. The molecule has 0 spiro atoms. The van der Waals surface area contributed by atoms with E-state index in [0.717, 1.165) is 44.7 Å². The predicted molar refractivity (Wildman–Crippen MR) is 72.5 cm³/mol. The molecule has 0 atom stereocenters. The Morgan fingerprint density at radius 2 is 2.33 bits per heavy atom. The van der Waals surface area contributed by atoms with Gasteiger partial charge in [0.15, 0.2) is 5.52 Å². The summed E-state index contributed by atoms with van der Waals surface area (Å²) in [6, 6.07) is 3.57. The van der Waals surface area contributed by atoms with Crippen LogP contribution in [0.1, 0.15) is 24.8 Å². The quantitative estimate of drug-likeness (QED) is 0.537. The van der Waals surface area contributed by atoms with Gasteiger partial charge in [0.25, 0.3) is 0 Å². The van der Waals surface area contributed by atoms with Crippen LogP contribution in [0.2, 0.25) is 0 Å². The predicted octanol–water partition coefficient (Wildman–Crippen LogP) is 2.82. The maximum Gasteiger partial charge on any atom is 0.244 e. The summed E-state index contributed by atoms with van der Waals surface area (Å²) in [7, 11) is 0. The molecule has 3 heterocycles. The highest BCUT2D eigenvalue weighted by Gasteiger charge is 2.14. The molecule has 0 aromatic carbocycles. The Hall–Kier alpha value is -1.75. The van der Waals surface area contributed by atoms with Crippen molar-refractivity contribution in [3.63, 3.8) is 0 Å². The van der Waals surface area contributed by atoms with Crippen molar-refractivity contribution in [1.82, 2.24) is 9.97 Å². The highest BCUT2D eigenvalue weighted by molar-refractivity contribution is 7.19. The molecule has 4 nitrogen and oxygen atoms in total. The van der Waals surface area contributed by atoms with Crippen LogP contribution in [0.15, 0.2) is 24.5 Å². The fourth-order valence-corrected chi connectivity index (χ4v) is 3.08. The third kappa shape index (κ3) is 1.80. The molecule has 0 radical (unpaired) electrons. The number of aryl methyl sites for hydroxylation is 1. The number of hydrogen-bond acceptors (Lipinski definition) is 4. The van der Waals surface area contributed by atoms with Crippen molar-refractivity contribution in [1.29, 1.82) is 0 Å². The second-order valence-electron chi connectivity index (χ2n) is 4.25. The standard InChI is InChI=1S/C13H13N3OS/c1-2-3-6-11-15-9-8-16(17)10-5-4-7-14-12(10)13(9)18-11/h4-5,7-8H,2-3,6H2,1H3. The van der Waals surface area contributed by atoms with Gasteiger partial charge in [-0.3, -0.25) is 0 Å². The Kier molecular flexibility index (Phi) is 2.83. The zero-order valence-corrected chi connectivity index (χ0v) is 10.9. The lowest BCUT2D eigenvalue weighted by Gasteiger charge is -1.99. The molecule has 0 aliphatic heterocycles. The molecular weight excluding hydrogens is 246 g/mol. The molecule has 0 amide bonds. The SMILES string of the molecule is CCCCc1nc2c[n+]([O-])c3cccnc3c2s1. The van der Waals surface area contributed by atoms with Gasteiger partial charge < -0.3 is 5.21 Å². The minimum atomic E-state index is 0.607. The molecule has 92 valence electrons. The fraction of sp³-hybridized carbons (Fsp3) is 0.308. The van der Waals surface area contributed by atoms with Crippen molar-refractivity contribution < 1.29 is 4.73 Å². The van der Waals surface area contributed by atoms with Gasteiger partial charge in [0, 0.05) is 12.3 Å². The Labute approximate surface area is 109 Å². The van der Waals surface area contributed by atoms with Crippen LogP contribution in [-0.2, 0) is 6.42 Å². The third-order valence-electron chi connectivity index (χ3n) is 2.92. The van der Waals surface area contributed by atoms with Crippen LogP contribution < -0.4 is 4.73 Å². The van der Waals surface area contributed by atoms with Crippen molar-refractivity contribution in [2.24, 2.45) is 0 Å². The number of aromatic nitrogens is 3. The van der Waals surface area contributed by atoms with Gasteiger partial charge in [-0.2, -0.15) is 4.73 Å². The van der Waals surface area contributed by atoms with Crippen LogP contribution in [0.3, 0.4) is 0 Å². The van der Waals surface area contributed by atoms with Crippen LogP contribution in [0.5, 0.6) is 0 Å². The third-order valence-corrected chi connectivity index (χ3v) is 4.06. The van der Waals surface area contributed by atoms with E-state index in [9.17, 15) is 5.21 Å². The molecular formula is C13H13N3OS. The first-order chi connectivity index (χ1) is 8.79. The smallest absolute Gasteiger partial charge is 0.244 e. The number of thiazole rings is 1. The Bertz CT molecular complexity index is 708. The largest absolute Gasteiger partial charge is 0.618 e. The van der Waals surface area contributed by atoms with Crippen molar-refractivity contribution in [2.45, 2.75) is 26.2 Å². The van der Waals surface area contributed by atoms with Gasteiger partial charge in [0.05, 0.1) is 9.71 Å². The summed E-state index contributed by atoms with van der Waals surface area (Å²) in [6.45, 7) is 2.16. The van der Waals surface area contributed by atoms with Gasteiger partial charge in [-0.15, -0.1) is 11.3 Å². The molecule has 3 aromatic heterocycles. The second-order valence-corrected chi connectivity index (χ2v) is 5.34. The molecule has 0 fully saturated rings. The Balaban J connectivity index is 2.23. The van der Waals surface area contributed by atoms with E-state index >= 15 is 0 Å². The van der Waals surface area contributed by atoms with Gasteiger partial charge in [-0.1, -0.05) is 13.3 Å². The van der Waals surface area contributed by atoms with Gasteiger partial charge in [-0.05, 0) is 18.9 Å². The van der Waals surface area contributed by atoms with Crippen molar-refractivity contribution >= 4 is 32.6 Å². The van der Waals surface area contributed by atoms with Crippen LogP contribution in [0, 0.1) is 5.21 Å². The van der Waals surface area contributed by atoms with E-state index in [1.54, 1.807) is 35.9 Å². The summed E-state index contributed by atoms with van der Waals surface area (Å²) >= 11 is 1.65. The fourth-order valence-electron chi connectivity index (χ4n) is 2.00. The number of hydrogen-bond donors (Lipinski definition) is 0. The normalized spacial score (nSPS) is 11.4. The Morgan fingerprint density at radius 1 is 1.44 bits per heavy atom. The lowest BCUT2D eigenvalue weighted by atomic mass is 10.3. The minimum absolute atomic E-state index is 0.607. The number of rotatable bonds is 3. The van der Waals surface area contributed by atoms with E-state index in [1.807, 2.05) is 0 Å². The number of pyridine rings is 2. The number of unbranched alkanes of at least 4 members (excludes halogenated alkanes) is 1. The average molecular weight is 259 g/mol. The molecule has 5 heteroatoms. The molecule has 0 saturated heterocycles. The summed E-state index contributed by atoms with van der Waals surface area (Å²) in [6.07, 6.45) is 6.51. The van der Waals surface area contributed by atoms with E-state index in [1.165, 1.54) is 0 Å². The molecule has 3 rings (SSSR count). The second kappa shape index (κ2) is 4.49. The summed E-state index contributed by atoms with van der Waals surface area (Å²) in [5, 5.41) is 12.9. The zero-order valence-electron chi connectivity index (χ0n) is 10.1. The molecule has 0 aliphatic carbocycles. The van der Waals surface area contributed by atoms with Crippen LogP contribution in [-0.4, -0.2) is 9.97 Å². The van der Waals surface area contributed by atoms with E-state index in [0.29, 0.717) is 5.52 Å². The monoisotopic (exact) mass is 259 g/mol. The van der Waals surface area contributed by atoms with Gasteiger partial charge in [0.2, 0.25) is 11.7 Å².